The van der Waals surface area contributed by atoms with Gasteiger partial charge in [-0.3, -0.25) is 0 Å². The lowest BCUT2D eigenvalue weighted by atomic mass is 10.1. The Bertz CT molecular complexity index is 311. The fraction of sp³-hybridized carbons (Fsp3) is 0.600. The van der Waals surface area contributed by atoms with Crippen LogP contribution < -0.4 is 5.73 Å². The SMILES string of the molecule is CCc1ccc([C@@H](N)CCC(F)(F)F)s1.Cl. The van der Waals surface area contributed by atoms with Crippen LogP contribution in [0, 0.1) is 0 Å². The van der Waals surface area contributed by atoms with Gasteiger partial charge in [-0.1, -0.05) is 6.92 Å². The highest BCUT2D eigenvalue weighted by atomic mass is 35.5. The van der Waals surface area contributed by atoms with Gasteiger partial charge in [-0.25, -0.2) is 0 Å². The van der Waals surface area contributed by atoms with Crippen LogP contribution >= 0.6 is 23.7 Å². The Morgan fingerprint density at radius 1 is 1.38 bits per heavy atom. The lowest BCUT2D eigenvalue weighted by Crippen LogP contribution is -2.14. The molecule has 0 fully saturated rings. The smallest absolute Gasteiger partial charge is 0.323 e. The number of aryl methyl sites for hydroxylation is 1. The maximum atomic E-state index is 12.0. The molecule has 0 saturated heterocycles. The average molecular weight is 274 g/mol. The van der Waals surface area contributed by atoms with Crippen LogP contribution in [0.15, 0.2) is 12.1 Å². The van der Waals surface area contributed by atoms with Gasteiger partial charge in [0.2, 0.25) is 0 Å². The maximum Gasteiger partial charge on any atom is 0.389 e. The summed E-state index contributed by atoms with van der Waals surface area (Å²) in [7, 11) is 0. The van der Waals surface area contributed by atoms with Crippen LogP contribution in [0.3, 0.4) is 0 Å². The van der Waals surface area contributed by atoms with Crippen molar-refractivity contribution in [3.8, 4) is 0 Å². The van der Waals surface area contributed by atoms with Crippen LogP contribution in [0.2, 0.25) is 0 Å². The minimum atomic E-state index is -4.11. The van der Waals surface area contributed by atoms with Gasteiger partial charge in [0.25, 0.3) is 0 Å². The van der Waals surface area contributed by atoms with Crippen LogP contribution in [0.1, 0.15) is 35.6 Å². The van der Waals surface area contributed by atoms with E-state index in [9.17, 15) is 13.2 Å². The predicted octanol–water partition coefficient (Wildman–Crippen LogP) is 4.07. The Balaban J connectivity index is 0.00000225. The number of rotatable bonds is 4. The third-order valence-electron chi connectivity index (χ3n) is 2.14. The summed E-state index contributed by atoms with van der Waals surface area (Å²) in [6, 6.07) is 3.26. The molecule has 0 aliphatic heterocycles. The molecule has 0 radical (unpaired) electrons. The van der Waals surface area contributed by atoms with E-state index >= 15 is 0 Å². The van der Waals surface area contributed by atoms with E-state index in [2.05, 4.69) is 0 Å². The van der Waals surface area contributed by atoms with Crippen LogP contribution in [0.4, 0.5) is 13.2 Å². The molecule has 1 atom stereocenters. The molecule has 16 heavy (non-hydrogen) atoms. The highest BCUT2D eigenvalue weighted by Gasteiger charge is 2.28. The second-order valence-corrected chi connectivity index (χ2v) is 4.62. The lowest BCUT2D eigenvalue weighted by Gasteiger charge is -2.11. The molecule has 0 aromatic carbocycles. The Kier molecular flexibility index (Phi) is 6.36. The topological polar surface area (TPSA) is 26.0 Å². The van der Waals surface area contributed by atoms with Gasteiger partial charge in [0.05, 0.1) is 0 Å². The Morgan fingerprint density at radius 3 is 2.44 bits per heavy atom. The zero-order valence-corrected chi connectivity index (χ0v) is 10.5. The molecule has 0 bridgehead atoms. The molecule has 1 nitrogen and oxygen atoms in total. The van der Waals surface area contributed by atoms with Gasteiger partial charge in [0.1, 0.15) is 0 Å². The van der Waals surface area contributed by atoms with E-state index in [1.807, 2.05) is 19.1 Å². The van der Waals surface area contributed by atoms with Crippen LogP contribution in [-0.2, 0) is 6.42 Å². The van der Waals surface area contributed by atoms with Crippen molar-refractivity contribution in [3.63, 3.8) is 0 Å². The number of halogens is 4. The van der Waals surface area contributed by atoms with Crippen LogP contribution in [-0.4, -0.2) is 6.18 Å². The van der Waals surface area contributed by atoms with Crippen molar-refractivity contribution >= 4 is 23.7 Å². The molecule has 0 aliphatic rings. The molecule has 2 N–H and O–H groups in total. The van der Waals surface area contributed by atoms with E-state index in [-0.39, 0.29) is 18.8 Å². The highest BCUT2D eigenvalue weighted by molar-refractivity contribution is 7.12. The van der Waals surface area contributed by atoms with E-state index in [1.54, 1.807) is 0 Å². The van der Waals surface area contributed by atoms with Gasteiger partial charge in [0, 0.05) is 22.2 Å². The molecule has 1 aromatic rings. The minimum Gasteiger partial charge on any atom is -0.323 e. The first-order valence-corrected chi connectivity index (χ1v) is 5.65. The van der Waals surface area contributed by atoms with Crippen molar-refractivity contribution < 1.29 is 13.2 Å². The second-order valence-electron chi connectivity index (χ2n) is 3.42. The summed E-state index contributed by atoms with van der Waals surface area (Å²) in [5, 5.41) is 0. The van der Waals surface area contributed by atoms with Crippen LogP contribution in [0.5, 0.6) is 0 Å². The first-order chi connectivity index (χ1) is 6.92. The van der Waals surface area contributed by atoms with Gasteiger partial charge in [-0.15, -0.1) is 23.7 Å². The molecule has 0 unspecified atom stereocenters. The molecule has 1 heterocycles. The number of nitrogens with two attached hydrogens (primary N) is 1. The summed E-state index contributed by atoms with van der Waals surface area (Å²) >= 11 is 1.50. The summed E-state index contributed by atoms with van der Waals surface area (Å²) in [5.41, 5.74) is 5.68. The summed E-state index contributed by atoms with van der Waals surface area (Å²) < 4.78 is 35.9. The second kappa shape index (κ2) is 6.47. The van der Waals surface area contributed by atoms with Crippen molar-refractivity contribution in [1.82, 2.24) is 0 Å². The third-order valence-corrected chi connectivity index (χ3v) is 3.50. The normalized spacial score (nSPS) is 13.3. The molecule has 0 spiro atoms. The van der Waals surface area contributed by atoms with Crippen molar-refractivity contribution in [3.05, 3.63) is 21.9 Å². The van der Waals surface area contributed by atoms with Gasteiger partial charge in [-0.05, 0) is 25.0 Å². The van der Waals surface area contributed by atoms with Gasteiger partial charge < -0.3 is 5.73 Å². The average Bonchev–Trinajstić information content (AvgIpc) is 2.61. The summed E-state index contributed by atoms with van der Waals surface area (Å²) in [5.74, 6) is 0. The van der Waals surface area contributed by atoms with Gasteiger partial charge in [0.15, 0.2) is 0 Å². The number of alkyl halides is 3. The molecule has 0 aliphatic carbocycles. The van der Waals surface area contributed by atoms with E-state index in [0.717, 1.165) is 16.2 Å². The molecule has 0 saturated carbocycles. The molecule has 1 aromatic heterocycles. The zero-order chi connectivity index (χ0) is 11.5. The number of hydrogen-bond donors (Lipinski definition) is 1. The third kappa shape index (κ3) is 5.18. The minimum absolute atomic E-state index is 0. The lowest BCUT2D eigenvalue weighted by molar-refractivity contribution is -0.136. The molecule has 0 amide bonds. The molecule has 1 rings (SSSR count). The van der Waals surface area contributed by atoms with Gasteiger partial charge in [-0.2, -0.15) is 13.2 Å². The van der Waals surface area contributed by atoms with Gasteiger partial charge >= 0.3 is 6.18 Å². The van der Waals surface area contributed by atoms with Crippen molar-refractivity contribution in [2.24, 2.45) is 5.73 Å². The zero-order valence-electron chi connectivity index (χ0n) is 8.88. The van der Waals surface area contributed by atoms with E-state index in [1.165, 1.54) is 11.3 Å². The van der Waals surface area contributed by atoms with E-state index in [4.69, 9.17) is 5.73 Å². The fourth-order valence-corrected chi connectivity index (χ4v) is 2.23. The molecular weight excluding hydrogens is 259 g/mol. The predicted molar refractivity (Wildman–Crippen MR) is 63.2 cm³/mol. The monoisotopic (exact) mass is 273 g/mol. The molecule has 6 heteroatoms. The number of thiophene rings is 1. The number of hydrogen-bond acceptors (Lipinski definition) is 2. The van der Waals surface area contributed by atoms with Crippen molar-refractivity contribution in [1.29, 1.82) is 0 Å². The largest absolute Gasteiger partial charge is 0.389 e. The van der Waals surface area contributed by atoms with Crippen LogP contribution in [0.25, 0.3) is 0 Å². The standard InChI is InChI=1S/C10H14F3NS.ClH/c1-2-7-3-4-9(15-7)8(14)5-6-10(11,12)13;/h3-4,8H,2,5-6,14H2,1H3;1H/t8-;/m0./s1. The molecular formula is C10H15ClF3NS. The highest BCUT2D eigenvalue weighted by Crippen LogP contribution is 2.29. The van der Waals surface area contributed by atoms with E-state index < -0.39 is 18.6 Å². The van der Waals surface area contributed by atoms with E-state index in [0.29, 0.717) is 0 Å². The first kappa shape index (κ1) is 15.7. The maximum absolute atomic E-state index is 12.0. The summed E-state index contributed by atoms with van der Waals surface area (Å²) in [6.45, 7) is 2.01. The Labute approximate surface area is 103 Å². The van der Waals surface area contributed by atoms with Crippen molar-refractivity contribution in [2.45, 2.75) is 38.4 Å². The first-order valence-electron chi connectivity index (χ1n) is 4.83. The fourth-order valence-electron chi connectivity index (χ4n) is 1.25. The Hall–Kier alpha value is -0.260. The Morgan fingerprint density at radius 2 is 2.00 bits per heavy atom. The quantitative estimate of drug-likeness (QED) is 0.879. The molecule has 94 valence electrons. The summed E-state index contributed by atoms with van der Waals surface area (Å²) in [6.07, 6.45) is -4.06. The summed E-state index contributed by atoms with van der Waals surface area (Å²) in [4.78, 5) is 2.00. The van der Waals surface area contributed by atoms with Crippen molar-refractivity contribution in [2.75, 3.05) is 0 Å².